The van der Waals surface area contributed by atoms with Gasteiger partial charge in [0.2, 0.25) is 5.91 Å². The SMILES string of the molecule is CCC[C@@H]1N(C)c2ccc([N+](=O)[O-])cc2C[C@@]12C(=O)NC(=O)N(c1ccc(F)cc1)C2=O. The molecule has 1 N–H and O–H groups in total. The molecule has 0 aromatic heterocycles. The third-order valence-corrected chi connectivity index (χ3v) is 6.22. The second-order valence-electron chi connectivity index (χ2n) is 8.01. The van der Waals surface area contributed by atoms with Crippen LogP contribution < -0.4 is 15.1 Å². The second-order valence-corrected chi connectivity index (χ2v) is 8.01. The molecule has 0 saturated carbocycles. The number of nitrogens with zero attached hydrogens (tertiary/aromatic N) is 3. The van der Waals surface area contributed by atoms with Crippen LogP contribution in [0.3, 0.4) is 0 Å². The molecule has 4 rings (SSSR count). The minimum absolute atomic E-state index is 0.103. The van der Waals surface area contributed by atoms with Crippen LogP contribution in [-0.2, 0) is 16.0 Å². The number of nitro benzene ring substituents is 1. The van der Waals surface area contributed by atoms with Gasteiger partial charge in [-0.2, -0.15) is 0 Å². The molecule has 166 valence electrons. The fourth-order valence-corrected chi connectivity index (χ4v) is 4.73. The minimum atomic E-state index is -1.69. The number of nitrogens with one attached hydrogen (secondary N) is 1. The number of imide groups is 2. The van der Waals surface area contributed by atoms with Crippen molar-refractivity contribution >= 4 is 34.9 Å². The van der Waals surface area contributed by atoms with E-state index in [1.807, 2.05) is 6.92 Å². The van der Waals surface area contributed by atoms with Crippen LogP contribution in [-0.4, -0.2) is 35.9 Å². The van der Waals surface area contributed by atoms with Crippen molar-refractivity contribution in [3.8, 4) is 0 Å². The average molecular weight is 440 g/mol. The van der Waals surface area contributed by atoms with Gasteiger partial charge in [0.15, 0.2) is 5.41 Å². The summed E-state index contributed by atoms with van der Waals surface area (Å²) in [5, 5.41) is 13.6. The molecule has 0 radical (unpaired) electrons. The number of nitro groups is 1. The van der Waals surface area contributed by atoms with Gasteiger partial charge in [0.05, 0.1) is 16.7 Å². The molecule has 2 aliphatic rings. The zero-order valence-corrected chi connectivity index (χ0v) is 17.5. The standard InChI is InChI=1S/C22H21FN4O5/c1-3-4-18-22(12-13-11-16(27(31)32)9-10-17(13)25(18)2)19(28)24-21(30)26(20(22)29)15-7-5-14(23)6-8-15/h5-11,18H,3-4,12H2,1-2H3,(H,24,28,30)/t18-,22-/m0/s1. The Labute approximate surface area is 182 Å². The molecule has 0 aliphatic carbocycles. The number of non-ortho nitro benzene ring substituents is 1. The number of barbiturate groups is 1. The third-order valence-electron chi connectivity index (χ3n) is 6.22. The number of carbonyl (C=O) groups is 3. The van der Waals surface area contributed by atoms with Crippen molar-refractivity contribution in [3.05, 3.63) is 64.0 Å². The van der Waals surface area contributed by atoms with E-state index in [1.54, 1.807) is 18.0 Å². The molecule has 1 saturated heterocycles. The second kappa shape index (κ2) is 7.70. The van der Waals surface area contributed by atoms with Crippen LogP contribution in [0.2, 0.25) is 0 Å². The van der Waals surface area contributed by atoms with Crippen LogP contribution in [0.4, 0.5) is 26.2 Å². The summed E-state index contributed by atoms with van der Waals surface area (Å²) in [7, 11) is 1.73. The van der Waals surface area contributed by atoms with Gasteiger partial charge in [0.1, 0.15) is 5.82 Å². The molecule has 1 spiro atoms. The van der Waals surface area contributed by atoms with E-state index in [1.165, 1.54) is 24.3 Å². The van der Waals surface area contributed by atoms with Crippen molar-refractivity contribution in [2.45, 2.75) is 32.2 Å². The summed E-state index contributed by atoms with van der Waals surface area (Å²) < 4.78 is 13.4. The van der Waals surface area contributed by atoms with Crippen molar-refractivity contribution in [2.24, 2.45) is 5.41 Å². The Morgan fingerprint density at radius 1 is 1.19 bits per heavy atom. The van der Waals surface area contributed by atoms with Crippen molar-refractivity contribution in [3.63, 3.8) is 0 Å². The van der Waals surface area contributed by atoms with Gasteiger partial charge in [0.25, 0.3) is 11.6 Å². The van der Waals surface area contributed by atoms with E-state index < -0.39 is 40.0 Å². The van der Waals surface area contributed by atoms with Crippen molar-refractivity contribution in [1.29, 1.82) is 0 Å². The predicted octanol–water partition coefficient (Wildman–Crippen LogP) is 3.16. The van der Waals surface area contributed by atoms with Crippen molar-refractivity contribution < 1.29 is 23.7 Å². The molecule has 1 fully saturated rings. The average Bonchev–Trinajstić information content (AvgIpc) is 2.75. The summed E-state index contributed by atoms with van der Waals surface area (Å²) in [6.45, 7) is 1.92. The first kappa shape index (κ1) is 21.4. The molecular formula is C22H21FN4O5. The molecule has 2 aromatic rings. The maximum absolute atomic E-state index is 13.9. The summed E-state index contributed by atoms with van der Waals surface area (Å²) >= 11 is 0. The van der Waals surface area contributed by atoms with Gasteiger partial charge in [-0.3, -0.25) is 25.0 Å². The molecule has 2 heterocycles. The Balaban J connectivity index is 1.88. The number of urea groups is 1. The van der Waals surface area contributed by atoms with Gasteiger partial charge in [-0.25, -0.2) is 14.1 Å². The topological polar surface area (TPSA) is 113 Å². The van der Waals surface area contributed by atoms with Gasteiger partial charge < -0.3 is 4.90 Å². The molecule has 9 nitrogen and oxygen atoms in total. The van der Waals surface area contributed by atoms with E-state index in [4.69, 9.17) is 0 Å². The molecule has 10 heteroatoms. The Morgan fingerprint density at radius 3 is 2.50 bits per heavy atom. The lowest BCUT2D eigenvalue weighted by molar-refractivity contribution is -0.384. The first-order valence-electron chi connectivity index (χ1n) is 10.2. The summed E-state index contributed by atoms with van der Waals surface area (Å²) in [6, 6.07) is 7.65. The molecule has 0 unspecified atom stereocenters. The number of hydrogen-bond acceptors (Lipinski definition) is 6. The zero-order valence-electron chi connectivity index (χ0n) is 17.5. The lowest BCUT2D eigenvalue weighted by Crippen LogP contribution is -2.72. The largest absolute Gasteiger partial charge is 0.370 e. The first-order valence-corrected chi connectivity index (χ1v) is 10.2. The zero-order chi connectivity index (χ0) is 23.2. The van der Waals surface area contributed by atoms with Crippen LogP contribution in [0.5, 0.6) is 0 Å². The minimum Gasteiger partial charge on any atom is -0.370 e. The Bertz CT molecular complexity index is 1140. The number of benzene rings is 2. The highest BCUT2D eigenvalue weighted by molar-refractivity contribution is 6.30. The summed E-state index contributed by atoms with van der Waals surface area (Å²) in [4.78, 5) is 53.2. The van der Waals surface area contributed by atoms with Crippen molar-refractivity contribution in [2.75, 3.05) is 16.8 Å². The molecule has 32 heavy (non-hydrogen) atoms. The van der Waals surface area contributed by atoms with Crippen LogP contribution in [0, 0.1) is 21.3 Å². The van der Waals surface area contributed by atoms with E-state index in [0.29, 0.717) is 24.1 Å². The maximum atomic E-state index is 13.9. The monoisotopic (exact) mass is 440 g/mol. The highest BCUT2D eigenvalue weighted by Crippen LogP contribution is 2.46. The number of carbonyl (C=O) groups excluding carboxylic acids is 3. The molecule has 2 aromatic carbocycles. The smallest absolute Gasteiger partial charge is 0.335 e. The summed E-state index contributed by atoms with van der Waals surface area (Å²) in [5.41, 5.74) is -0.564. The first-order chi connectivity index (χ1) is 15.2. The van der Waals surface area contributed by atoms with Gasteiger partial charge >= 0.3 is 6.03 Å². The number of fused-ring (bicyclic) bond motifs is 1. The summed E-state index contributed by atoms with van der Waals surface area (Å²) in [5.74, 6) is -2.01. The molecule has 0 bridgehead atoms. The Kier molecular flexibility index (Phi) is 5.15. The molecule has 4 amide bonds. The van der Waals surface area contributed by atoms with Crippen LogP contribution in [0.1, 0.15) is 25.3 Å². The van der Waals surface area contributed by atoms with Crippen LogP contribution >= 0.6 is 0 Å². The Hall–Kier alpha value is -3.82. The van der Waals surface area contributed by atoms with E-state index >= 15 is 0 Å². The fourth-order valence-electron chi connectivity index (χ4n) is 4.73. The van der Waals surface area contributed by atoms with Crippen LogP contribution in [0.15, 0.2) is 42.5 Å². The highest BCUT2D eigenvalue weighted by atomic mass is 19.1. The summed E-state index contributed by atoms with van der Waals surface area (Å²) in [6.07, 6.45) is 1.02. The van der Waals surface area contributed by atoms with Gasteiger partial charge in [-0.1, -0.05) is 13.3 Å². The van der Waals surface area contributed by atoms with E-state index in [2.05, 4.69) is 5.32 Å². The molecular weight excluding hydrogens is 419 g/mol. The van der Waals surface area contributed by atoms with Gasteiger partial charge in [0, 0.05) is 31.3 Å². The molecule has 2 aliphatic heterocycles. The maximum Gasteiger partial charge on any atom is 0.335 e. The van der Waals surface area contributed by atoms with Gasteiger partial charge in [-0.15, -0.1) is 0 Å². The number of rotatable bonds is 4. The normalized spacial score (nSPS) is 22.7. The Morgan fingerprint density at radius 2 is 1.88 bits per heavy atom. The van der Waals surface area contributed by atoms with Crippen molar-refractivity contribution in [1.82, 2.24) is 5.32 Å². The fraction of sp³-hybridized carbons (Fsp3) is 0.318. The lowest BCUT2D eigenvalue weighted by atomic mass is 9.67. The van der Waals surface area contributed by atoms with E-state index in [9.17, 15) is 28.9 Å². The number of anilines is 2. The quantitative estimate of drug-likeness (QED) is 0.444. The highest BCUT2D eigenvalue weighted by Gasteiger charge is 2.61. The number of halogens is 1. The number of amides is 4. The number of hydrogen-bond donors (Lipinski definition) is 1. The lowest BCUT2D eigenvalue weighted by Gasteiger charge is -2.50. The molecule has 2 atom stereocenters. The van der Waals surface area contributed by atoms with Crippen LogP contribution in [0.25, 0.3) is 0 Å². The third kappa shape index (κ3) is 3.10. The predicted molar refractivity (Wildman–Crippen MR) is 114 cm³/mol. The van der Waals surface area contributed by atoms with E-state index in [0.717, 1.165) is 17.0 Å². The van der Waals surface area contributed by atoms with Gasteiger partial charge in [-0.05, 0) is 42.3 Å². The van der Waals surface area contributed by atoms with E-state index in [-0.39, 0.29) is 17.8 Å².